The molecule has 4 rings (SSSR count). The van der Waals surface area contributed by atoms with Crippen LogP contribution in [0, 0.1) is 17.3 Å². The number of nitrogens with one attached hydrogen (secondary N) is 1. The van der Waals surface area contributed by atoms with Crippen molar-refractivity contribution < 1.29 is 58.7 Å². The van der Waals surface area contributed by atoms with E-state index in [1.54, 1.807) is 40.0 Å². The normalized spacial score (nSPS) is 22.5. The Morgan fingerprint density at radius 1 is 1.06 bits per heavy atom. The SMILES string of the molecule is CCCN(CC(=O)Nc1cc(N(C)C)c2c(c1O)C(=O)C1=C(O)[C@]3(O)C(=O)C(C(N)=O)=C(O)[C@@H](N(C)C)[C@@H]3C[C@@H]1C2)C(=O)OCOC(=O)CC(C)(C)C. The minimum atomic E-state index is -2.81. The van der Waals surface area contributed by atoms with Crippen LogP contribution in [0.25, 0.3) is 0 Å². The Labute approximate surface area is 307 Å². The summed E-state index contributed by atoms with van der Waals surface area (Å²) in [7, 11) is 6.44. The second-order valence-electron chi connectivity index (χ2n) is 15.3. The molecule has 0 heterocycles. The fraction of sp³-hybridized carbons (Fsp3) is 0.556. The van der Waals surface area contributed by atoms with Gasteiger partial charge in [-0.1, -0.05) is 27.7 Å². The smallest absolute Gasteiger partial charge is 0.413 e. The molecule has 0 unspecified atom stereocenters. The van der Waals surface area contributed by atoms with Crippen molar-refractivity contribution in [1.82, 2.24) is 9.80 Å². The molecule has 0 bridgehead atoms. The Morgan fingerprint density at radius 3 is 2.25 bits per heavy atom. The number of aliphatic hydroxyl groups is 3. The predicted octanol–water partition coefficient (Wildman–Crippen LogP) is 1.91. The molecule has 17 nitrogen and oxygen atoms in total. The number of benzene rings is 1. The van der Waals surface area contributed by atoms with Gasteiger partial charge >= 0.3 is 12.1 Å². The Kier molecular flexibility index (Phi) is 11.5. The van der Waals surface area contributed by atoms with Crippen molar-refractivity contribution in [3.8, 4) is 5.75 Å². The topological polar surface area (TPSA) is 250 Å². The molecule has 17 heteroatoms. The van der Waals surface area contributed by atoms with Gasteiger partial charge in [0.25, 0.3) is 5.91 Å². The summed E-state index contributed by atoms with van der Waals surface area (Å²) in [5.41, 5.74) is 1.27. The highest BCUT2D eigenvalue weighted by Gasteiger charge is 2.63. The average molecular weight is 744 g/mol. The van der Waals surface area contributed by atoms with Crippen molar-refractivity contribution in [1.29, 1.82) is 0 Å². The van der Waals surface area contributed by atoms with Crippen LogP contribution >= 0.6 is 0 Å². The number of aromatic hydroxyl groups is 1. The van der Waals surface area contributed by atoms with Crippen LogP contribution in [0.1, 0.15) is 62.9 Å². The molecule has 0 aromatic heterocycles. The van der Waals surface area contributed by atoms with Gasteiger partial charge < -0.3 is 45.9 Å². The molecule has 7 N–H and O–H groups in total. The number of ether oxygens (including phenoxy) is 2. The van der Waals surface area contributed by atoms with Gasteiger partial charge in [0.05, 0.1) is 23.7 Å². The van der Waals surface area contributed by atoms with Crippen LogP contribution in [0.5, 0.6) is 5.75 Å². The number of amides is 3. The van der Waals surface area contributed by atoms with Crippen molar-refractivity contribution in [3.05, 3.63) is 39.9 Å². The van der Waals surface area contributed by atoms with Crippen molar-refractivity contribution in [2.24, 2.45) is 23.0 Å². The quantitative estimate of drug-likeness (QED) is 0.0820. The number of phenols is 1. The molecule has 0 saturated carbocycles. The number of ketones is 2. The Hall–Kier alpha value is -5.16. The fourth-order valence-electron chi connectivity index (χ4n) is 7.38. The molecular formula is C36H49N5O12. The summed E-state index contributed by atoms with van der Waals surface area (Å²) in [4.78, 5) is 82.4. The number of Topliss-reactive ketones (excluding diaryl/α,β-unsaturated/α-hetero) is 2. The van der Waals surface area contributed by atoms with Gasteiger partial charge in [0, 0.05) is 37.8 Å². The molecule has 0 aliphatic heterocycles. The van der Waals surface area contributed by atoms with E-state index in [-0.39, 0.29) is 48.0 Å². The summed E-state index contributed by atoms with van der Waals surface area (Å²) in [5.74, 6) is -9.27. The summed E-state index contributed by atoms with van der Waals surface area (Å²) < 4.78 is 10.0. The first-order valence-corrected chi connectivity index (χ1v) is 17.1. The maximum absolute atomic E-state index is 14.3. The molecule has 53 heavy (non-hydrogen) atoms. The van der Waals surface area contributed by atoms with E-state index in [1.165, 1.54) is 11.0 Å². The first kappa shape index (κ1) is 40.6. The average Bonchev–Trinajstić information content (AvgIpc) is 3.02. The van der Waals surface area contributed by atoms with Gasteiger partial charge in [0.1, 0.15) is 23.6 Å². The zero-order valence-corrected chi connectivity index (χ0v) is 31.2. The number of nitrogens with zero attached hydrogens (tertiary/aromatic N) is 3. The van der Waals surface area contributed by atoms with E-state index in [0.717, 1.165) is 4.90 Å². The molecule has 0 spiro atoms. The van der Waals surface area contributed by atoms with E-state index in [0.29, 0.717) is 17.7 Å². The third-order valence-corrected chi connectivity index (χ3v) is 9.62. The third kappa shape index (κ3) is 7.67. The minimum Gasteiger partial charge on any atom is -0.510 e. The number of phenolic OH excluding ortho intramolecular Hbond substituents is 1. The van der Waals surface area contributed by atoms with Crippen molar-refractivity contribution in [3.63, 3.8) is 0 Å². The number of allylic oxidation sites excluding steroid dienone is 1. The highest BCUT2D eigenvalue weighted by atomic mass is 16.7. The number of aliphatic hydroxyl groups excluding tert-OH is 2. The minimum absolute atomic E-state index is 0.0419. The summed E-state index contributed by atoms with van der Waals surface area (Å²) in [5, 5.41) is 48.5. The van der Waals surface area contributed by atoms with Gasteiger partial charge in [0.15, 0.2) is 17.1 Å². The van der Waals surface area contributed by atoms with Crippen LogP contribution in [0.4, 0.5) is 16.2 Å². The monoisotopic (exact) mass is 743 g/mol. The molecule has 0 fully saturated rings. The van der Waals surface area contributed by atoms with E-state index in [9.17, 15) is 49.2 Å². The number of hydrogen-bond donors (Lipinski definition) is 6. The fourth-order valence-corrected chi connectivity index (χ4v) is 7.38. The summed E-state index contributed by atoms with van der Waals surface area (Å²) in [6.07, 6.45) is -0.434. The van der Waals surface area contributed by atoms with E-state index in [1.807, 2.05) is 20.8 Å². The van der Waals surface area contributed by atoms with Crippen LogP contribution in [-0.4, -0.2) is 125 Å². The first-order valence-electron chi connectivity index (χ1n) is 17.1. The third-order valence-electron chi connectivity index (χ3n) is 9.62. The predicted molar refractivity (Wildman–Crippen MR) is 190 cm³/mol. The lowest BCUT2D eigenvalue weighted by Crippen LogP contribution is -2.63. The molecule has 1 aromatic carbocycles. The second-order valence-corrected chi connectivity index (χ2v) is 15.3. The van der Waals surface area contributed by atoms with Crippen LogP contribution in [-0.2, 0) is 35.1 Å². The molecule has 0 saturated heterocycles. The summed E-state index contributed by atoms with van der Waals surface area (Å²) in [6.45, 7) is 6.21. The van der Waals surface area contributed by atoms with Crippen LogP contribution < -0.4 is 16.0 Å². The van der Waals surface area contributed by atoms with Gasteiger partial charge in [-0.3, -0.25) is 33.8 Å². The van der Waals surface area contributed by atoms with Gasteiger partial charge in [0.2, 0.25) is 18.5 Å². The number of esters is 1. The molecular weight excluding hydrogens is 694 g/mol. The number of carbonyl (C=O) groups is 6. The lowest BCUT2D eigenvalue weighted by atomic mass is 9.58. The molecule has 1 aromatic rings. The van der Waals surface area contributed by atoms with Crippen molar-refractivity contribution in [2.75, 3.05) is 58.3 Å². The Morgan fingerprint density at radius 2 is 1.70 bits per heavy atom. The Bertz CT molecular complexity index is 1790. The number of likely N-dealkylation sites (N-methyl/N-ethyl adjacent to an activating group) is 1. The second kappa shape index (κ2) is 15.1. The molecule has 3 aliphatic carbocycles. The van der Waals surface area contributed by atoms with Crippen LogP contribution in [0.2, 0.25) is 0 Å². The first-order chi connectivity index (χ1) is 24.6. The maximum Gasteiger partial charge on any atom is 0.413 e. The number of hydrogen-bond acceptors (Lipinski definition) is 14. The highest BCUT2D eigenvalue weighted by molar-refractivity contribution is 6.25. The van der Waals surface area contributed by atoms with Crippen molar-refractivity contribution >= 4 is 46.8 Å². The van der Waals surface area contributed by atoms with E-state index < -0.39 is 95.1 Å². The molecule has 3 amide bonds. The molecule has 4 atom stereocenters. The number of fused-ring (bicyclic) bond motifs is 3. The van der Waals surface area contributed by atoms with Crippen molar-refractivity contribution in [2.45, 2.75) is 65.0 Å². The van der Waals surface area contributed by atoms with E-state index in [4.69, 9.17) is 15.2 Å². The summed E-state index contributed by atoms with van der Waals surface area (Å²) >= 11 is 0. The molecule has 0 radical (unpaired) electrons. The van der Waals surface area contributed by atoms with Crippen LogP contribution in [0.3, 0.4) is 0 Å². The molecule has 290 valence electrons. The van der Waals surface area contributed by atoms with E-state index >= 15 is 0 Å². The zero-order chi connectivity index (χ0) is 39.9. The number of primary amides is 1. The lowest BCUT2D eigenvalue weighted by molar-refractivity contribution is -0.154. The van der Waals surface area contributed by atoms with Gasteiger partial charge in [-0.15, -0.1) is 0 Å². The lowest BCUT2D eigenvalue weighted by Gasteiger charge is -2.50. The highest BCUT2D eigenvalue weighted by Crippen LogP contribution is 2.54. The number of rotatable bonds is 11. The number of carbonyl (C=O) groups excluding carboxylic acids is 6. The van der Waals surface area contributed by atoms with Gasteiger partial charge in [-0.25, -0.2) is 4.79 Å². The molecule has 3 aliphatic rings. The van der Waals surface area contributed by atoms with Gasteiger partial charge in [-0.2, -0.15) is 0 Å². The standard InChI is InChI=1S/C36H49N5O12/c1-9-10-41(34(50)53-16-52-23(43)14-35(2,3)4)15-22(42)38-20-13-21(39(5)6)18-11-17-12-19-27(40(7)8)30(46)26(33(37)49)32(48)36(19,51)31(47)24(17)29(45)25(18)28(20)44/h13,17,19,27,44,46-47,51H,9-12,14-16H2,1-8H3,(H2,37,49)(H,38,42)/t17-,19-,27-,36-/m0/s1. The number of nitrogens with two attached hydrogens (primary N) is 1. The number of anilines is 2. The van der Waals surface area contributed by atoms with Crippen LogP contribution in [0.15, 0.2) is 28.7 Å². The van der Waals surface area contributed by atoms with Gasteiger partial charge in [-0.05, 0) is 56.3 Å². The zero-order valence-electron chi connectivity index (χ0n) is 31.2. The Balaban J connectivity index is 1.67. The largest absolute Gasteiger partial charge is 0.510 e. The maximum atomic E-state index is 14.3. The summed E-state index contributed by atoms with van der Waals surface area (Å²) in [6, 6.07) is 0.317. The van der Waals surface area contributed by atoms with E-state index in [2.05, 4.69) is 5.32 Å².